The van der Waals surface area contributed by atoms with Gasteiger partial charge in [-0.2, -0.15) is 5.10 Å². The highest BCUT2D eigenvalue weighted by Crippen LogP contribution is 2.44. The quantitative estimate of drug-likeness (QED) is 0.308. The Morgan fingerprint density at radius 3 is 2.55 bits per heavy atom. The van der Waals surface area contributed by atoms with Gasteiger partial charge in [-0.25, -0.2) is 4.52 Å². The Labute approximate surface area is 232 Å². The van der Waals surface area contributed by atoms with Crippen LogP contribution >= 0.6 is 0 Å². The molecule has 0 aliphatic heterocycles. The number of nitrogens with zero attached hydrogens (tertiary/aromatic N) is 4. The van der Waals surface area contributed by atoms with Gasteiger partial charge >= 0.3 is 0 Å². The lowest BCUT2D eigenvalue weighted by Gasteiger charge is -2.29. The molecule has 2 amide bonds. The number of rotatable bonds is 12. The minimum atomic E-state index is -0.954. The maximum absolute atomic E-state index is 13.3. The molecule has 12 nitrogen and oxygen atoms in total. The lowest BCUT2D eigenvalue weighted by molar-refractivity contribution is 0.0279. The minimum absolute atomic E-state index is 0.00512. The molecule has 3 aromatic rings. The first-order chi connectivity index (χ1) is 19.1. The van der Waals surface area contributed by atoms with Crippen LogP contribution in [-0.4, -0.2) is 74.4 Å². The van der Waals surface area contributed by atoms with E-state index in [-0.39, 0.29) is 36.1 Å². The van der Waals surface area contributed by atoms with Crippen molar-refractivity contribution in [3.05, 3.63) is 41.3 Å². The highest BCUT2D eigenvalue weighted by molar-refractivity contribution is 6.01. The number of nitrogens with two attached hydrogens (primary N) is 1. The van der Waals surface area contributed by atoms with Crippen LogP contribution in [0.2, 0.25) is 0 Å². The molecule has 0 aromatic carbocycles. The summed E-state index contributed by atoms with van der Waals surface area (Å²) < 4.78 is 20.5. The van der Waals surface area contributed by atoms with Crippen molar-refractivity contribution in [2.24, 2.45) is 5.73 Å². The average molecular weight is 555 g/mol. The zero-order chi connectivity index (χ0) is 28.4. The molecule has 5 rings (SSSR count). The summed E-state index contributed by atoms with van der Waals surface area (Å²) in [5, 5.41) is 22.1. The van der Waals surface area contributed by atoms with Crippen LogP contribution in [0, 0.1) is 0 Å². The molecule has 0 atom stereocenters. The van der Waals surface area contributed by atoms with Crippen LogP contribution in [-0.2, 0) is 11.3 Å². The minimum Gasteiger partial charge on any atom is -0.489 e. The lowest BCUT2D eigenvalue weighted by atomic mass is 9.92. The van der Waals surface area contributed by atoms with Crippen LogP contribution in [0.15, 0.2) is 24.5 Å². The van der Waals surface area contributed by atoms with Gasteiger partial charge in [-0.15, -0.1) is 5.10 Å². The summed E-state index contributed by atoms with van der Waals surface area (Å²) >= 11 is 0. The number of hydrogen-bond donors (Lipinski definition) is 3. The van der Waals surface area contributed by atoms with Gasteiger partial charge in [0.05, 0.1) is 41.7 Å². The molecule has 2 fully saturated rings. The molecule has 2 saturated carbocycles. The van der Waals surface area contributed by atoms with Gasteiger partial charge in [0.1, 0.15) is 24.0 Å². The number of carbonyl (C=O) groups is 2. The van der Waals surface area contributed by atoms with Crippen LogP contribution in [0.4, 0.5) is 0 Å². The number of nitrogens with one attached hydrogen (secondary N) is 1. The predicted octanol–water partition coefficient (Wildman–Crippen LogP) is 2.42. The molecule has 0 radical (unpaired) electrons. The fraction of sp³-hybridized carbons (Fsp3) is 0.571. The zero-order valence-corrected chi connectivity index (χ0v) is 23.3. The number of primary amides is 1. The fourth-order valence-corrected chi connectivity index (χ4v) is 5.04. The van der Waals surface area contributed by atoms with E-state index in [2.05, 4.69) is 15.5 Å². The molecule has 0 unspecified atom stereocenters. The van der Waals surface area contributed by atoms with Gasteiger partial charge in [-0.3, -0.25) is 14.3 Å². The van der Waals surface area contributed by atoms with Gasteiger partial charge in [0, 0.05) is 25.3 Å². The number of aliphatic hydroxyl groups is 1. The summed E-state index contributed by atoms with van der Waals surface area (Å²) in [6, 6.07) is 3.71. The summed E-state index contributed by atoms with van der Waals surface area (Å²) in [4.78, 5) is 25.1. The maximum atomic E-state index is 13.3. The normalized spacial score (nSPS) is 19.5. The third-order valence-electron chi connectivity index (χ3n) is 7.27. The molecule has 2 aliphatic rings. The first kappa shape index (κ1) is 27.9. The maximum Gasteiger partial charge on any atom is 0.255 e. The smallest absolute Gasteiger partial charge is 0.255 e. The number of pyridine rings is 1. The van der Waals surface area contributed by atoms with E-state index >= 15 is 0 Å². The van der Waals surface area contributed by atoms with Crippen molar-refractivity contribution in [3.63, 3.8) is 0 Å². The zero-order valence-electron chi connectivity index (χ0n) is 23.3. The number of hydrogen-bond acceptors (Lipinski definition) is 8. The SMILES string of the molecule is COCCn1cc(C(N)=O)c(O[C@H]2CC[C@H](NC(=O)c3cnn4c(C5CC5)c(OCC(C)(C)O)ccc34)CC2)n1. The first-order valence-corrected chi connectivity index (χ1v) is 13.8. The van der Waals surface area contributed by atoms with E-state index in [0.29, 0.717) is 43.2 Å². The van der Waals surface area contributed by atoms with E-state index in [1.165, 1.54) is 0 Å². The number of methoxy groups -OCH3 is 1. The highest BCUT2D eigenvalue weighted by Gasteiger charge is 2.32. The van der Waals surface area contributed by atoms with Gasteiger partial charge < -0.3 is 30.4 Å². The van der Waals surface area contributed by atoms with Crippen molar-refractivity contribution < 1.29 is 28.9 Å². The molecule has 0 spiro atoms. The molecule has 0 saturated heterocycles. The Bertz CT molecular complexity index is 1360. The van der Waals surface area contributed by atoms with Gasteiger partial charge in [0.2, 0.25) is 5.88 Å². The van der Waals surface area contributed by atoms with Crippen LogP contribution in [0.3, 0.4) is 0 Å². The summed E-state index contributed by atoms with van der Waals surface area (Å²) in [5.41, 5.74) is 7.00. The fourth-order valence-electron chi connectivity index (χ4n) is 5.04. The molecule has 2 aliphatic carbocycles. The number of amides is 2. The van der Waals surface area contributed by atoms with E-state index in [1.807, 2.05) is 12.1 Å². The lowest BCUT2D eigenvalue weighted by Crippen LogP contribution is -2.39. The summed E-state index contributed by atoms with van der Waals surface area (Å²) in [6.45, 7) is 4.51. The second-order valence-corrected chi connectivity index (χ2v) is 11.3. The van der Waals surface area contributed by atoms with Crippen LogP contribution in [0.5, 0.6) is 11.6 Å². The van der Waals surface area contributed by atoms with Crippen molar-refractivity contribution in [1.29, 1.82) is 0 Å². The Balaban J connectivity index is 1.21. The molecule has 40 heavy (non-hydrogen) atoms. The van der Waals surface area contributed by atoms with Crippen molar-refractivity contribution in [1.82, 2.24) is 24.7 Å². The monoisotopic (exact) mass is 554 g/mol. The van der Waals surface area contributed by atoms with E-state index in [4.69, 9.17) is 19.9 Å². The van der Waals surface area contributed by atoms with Crippen LogP contribution < -0.4 is 20.5 Å². The largest absolute Gasteiger partial charge is 0.489 e. The first-order valence-electron chi connectivity index (χ1n) is 13.8. The predicted molar refractivity (Wildman–Crippen MR) is 146 cm³/mol. The Kier molecular flexibility index (Phi) is 7.99. The Morgan fingerprint density at radius 1 is 1.15 bits per heavy atom. The number of aromatic nitrogens is 4. The molecule has 216 valence electrons. The molecular weight excluding hydrogens is 516 g/mol. The van der Waals surface area contributed by atoms with Crippen molar-refractivity contribution in [2.45, 2.75) is 82.6 Å². The summed E-state index contributed by atoms with van der Waals surface area (Å²) in [6.07, 6.45) is 8.01. The number of ether oxygens (including phenoxy) is 3. The van der Waals surface area contributed by atoms with E-state index in [0.717, 1.165) is 36.9 Å². The van der Waals surface area contributed by atoms with E-state index in [9.17, 15) is 14.7 Å². The second kappa shape index (κ2) is 11.5. The van der Waals surface area contributed by atoms with Crippen LogP contribution in [0.1, 0.15) is 84.7 Å². The van der Waals surface area contributed by atoms with Gasteiger partial charge in [-0.05, 0) is 64.5 Å². The Hall–Kier alpha value is -3.64. The number of carbonyl (C=O) groups excluding carboxylic acids is 2. The number of fused-ring (bicyclic) bond motifs is 1. The topological polar surface area (TPSA) is 155 Å². The molecule has 3 heterocycles. The van der Waals surface area contributed by atoms with Gasteiger partial charge in [0.25, 0.3) is 11.8 Å². The highest BCUT2D eigenvalue weighted by atomic mass is 16.5. The molecule has 3 aromatic heterocycles. The molecule has 0 bridgehead atoms. The van der Waals surface area contributed by atoms with Crippen molar-refractivity contribution in [3.8, 4) is 11.6 Å². The second-order valence-electron chi connectivity index (χ2n) is 11.3. The van der Waals surface area contributed by atoms with Gasteiger partial charge in [0.15, 0.2) is 0 Å². The Morgan fingerprint density at radius 2 is 1.90 bits per heavy atom. The van der Waals surface area contributed by atoms with Crippen molar-refractivity contribution in [2.75, 3.05) is 20.3 Å². The summed E-state index contributed by atoms with van der Waals surface area (Å²) in [7, 11) is 1.60. The average Bonchev–Trinajstić information content (AvgIpc) is 3.52. The molecule has 12 heteroatoms. The van der Waals surface area contributed by atoms with Crippen molar-refractivity contribution >= 4 is 17.3 Å². The van der Waals surface area contributed by atoms with Gasteiger partial charge in [-0.1, -0.05) is 0 Å². The standard InChI is InChI=1S/C28H38N6O6/c1-28(2,37)16-39-23-11-10-22-20(14-30-34(22)24(23)17-4-5-17)26(36)31-18-6-8-19(9-7-18)40-27-21(25(29)35)15-33(32-27)12-13-38-3/h10-11,14-15,17-19,37H,4-9,12-13,16H2,1-3H3,(H2,29,35)(H,31,36)/t18-,19-. The van der Waals surface area contributed by atoms with Crippen LogP contribution in [0.25, 0.3) is 5.52 Å². The third-order valence-corrected chi connectivity index (χ3v) is 7.27. The third kappa shape index (κ3) is 6.39. The molecular formula is C28H38N6O6. The van der Waals surface area contributed by atoms with E-state index < -0.39 is 11.5 Å². The molecule has 4 N–H and O–H groups in total. The summed E-state index contributed by atoms with van der Waals surface area (Å²) in [5.74, 6) is 0.495. The van der Waals surface area contributed by atoms with E-state index in [1.54, 1.807) is 42.5 Å².